The Morgan fingerprint density at radius 1 is 1.33 bits per heavy atom. The van der Waals surface area contributed by atoms with Gasteiger partial charge in [0, 0.05) is 36.9 Å². The van der Waals surface area contributed by atoms with Crippen molar-refractivity contribution in [1.82, 2.24) is 25.7 Å². The van der Waals surface area contributed by atoms with Gasteiger partial charge in [-0.3, -0.25) is 5.10 Å². The number of rotatable bonds is 5. The molecule has 0 radical (unpaired) electrons. The summed E-state index contributed by atoms with van der Waals surface area (Å²) in [6.45, 7) is 8.28. The lowest BCUT2D eigenvalue weighted by molar-refractivity contribution is 0.0623. The summed E-state index contributed by atoms with van der Waals surface area (Å²) in [5.74, 6) is 1.60. The predicted octanol–water partition coefficient (Wildman–Crippen LogP) is 1.59. The second-order valence-electron chi connectivity index (χ2n) is 5.56. The first-order chi connectivity index (χ1) is 10.1. The van der Waals surface area contributed by atoms with Crippen LogP contribution in [0.1, 0.15) is 41.2 Å². The zero-order chi connectivity index (χ0) is 14.8. The lowest BCUT2D eigenvalue weighted by Crippen LogP contribution is -2.25. The Morgan fingerprint density at radius 2 is 2.19 bits per heavy atom. The molecule has 0 unspecified atom stereocenters. The third kappa shape index (κ3) is 2.98. The van der Waals surface area contributed by atoms with Crippen LogP contribution in [0.25, 0.3) is 0 Å². The van der Waals surface area contributed by atoms with Crippen LogP contribution in [0.4, 0.5) is 0 Å². The van der Waals surface area contributed by atoms with Gasteiger partial charge in [0.25, 0.3) is 5.89 Å². The minimum absolute atomic E-state index is 0.0924. The van der Waals surface area contributed by atoms with Crippen LogP contribution in [0.2, 0.25) is 0 Å². The van der Waals surface area contributed by atoms with E-state index in [9.17, 15) is 0 Å². The minimum atomic E-state index is -0.0924. The Labute approximate surface area is 123 Å². The lowest BCUT2D eigenvalue weighted by atomic mass is 10.0. The van der Waals surface area contributed by atoms with E-state index < -0.39 is 0 Å². The van der Waals surface area contributed by atoms with Crippen molar-refractivity contribution in [2.24, 2.45) is 5.92 Å². The summed E-state index contributed by atoms with van der Waals surface area (Å²) in [7, 11) is 0. The summed E-state index contributed by atoms with van der Waals surface area (Å²) in [4.78, 5) is 4.28. The SMILES string of the molecule is Cc1noc([C@H]2OCC[C@H]2CNCc2c(C)n[nH]c2C)n1. The highest BCUT2D eigenvalue weighted by Gasteiger charge is 2.33. The number of H-pyrrole nitrogens is 1. The quantitative estimate of drug-likeness (QED) is 0.869. The maximum atomic E-state index is 5.75. The van der Waals surface area contributed by atoms with Crippen LogP contribution < -0.4 is 5.32 Å². The van der Waals surface area contributed by atoms with E-state index in [-0.39, 0.29) is 6.10 Å². The van der Waals surface area contributed by atoms with Crippen LogP contribution in [-0.4, -0.2) is 33.5 Å². The second-order valence-corrected chi connectivity index (χ2v) is 5.56. The van der Waals surface area contributed by atoms with Gasteiger partial charge in [-0.05, 0) is 27.2 Å². The molecule has 1 fully saturated rings. The number of nitrogens with one attached hydrogen (secondary N) is 2. The molecule has 0 saturated carbocycles. The molecule has 0 aromatic carbocycles. The van der Waals surface area contributed by atoms with Gasteiger partial charge in [-0.2, -0.15) is 10.1 Å². The normalized spacial score (nSPS) is 22.0. The molecule has 0 bridgehead atoms. The molecule has 114 valence electrons. The molecule has 2 atom stereocenters. The van der Waals surface area contributed by atoms with E-state index in [4.69, 9.17) is 9.26 Å². The molecule has 2 aromatic rings. The highest BCUT2D eigenvalue weighted by Crippen LogP contribution is 2.33. The van der Waals surface area contributed by atoms with Crippen LogP contribution in [0.3, 0.4) is 0 Å². The molecule has 0 amide bonds. The van der Waals surface area contributed by atoms with Crippen molar-refractivity contribution in [3.05, 3.63) is 28.7 Å². The molecule has 3 heterocycles. The maximum absolute atomic E-state index is 5.75. The topological polar surface area (TPSA) is 88.9 Å². The van der Waals surface area contributed by atoms with Gasteiger partial charge in [-0.25, -0.2) is 0 Å². The number of aromatic nitrogens is 4. The summed E-state index contributed by atoms with van der Waals surface area (Å²) < 4.78 is 11.0. The average molecular weight is 291 g/mol. The Bertz CT molecular complexity index is 587. The highest BCUT2D eigenvalue weighted by molar-refractivity contribution is 5.22. The molecular weight excluding hydrogens is 270 g/mol. The molecule has 1 saturated heterocycles. The molecule has 7 heteroatoms. The number of hydrogen-bond donors (Lipinski definition) is 2. The molecule has 21 heavy (non-hydrogen) atoms. The third-order valence-electron chi connectivity index (χ3n) is 3.99. The van der Waals surface area contributed by atoms with E-state index in [0.717, 1.165) is 37.5 Å². The fourth-order valence-corrected chi connectivity index (χ4v) is 2.76. The average Bonchev–Trinajstić information content (AvgIpc) is 3.15. The molecule has 0 spiro atoms. The Hall–Kier alpha value is -1.73. The van der Waals surface area contributed by atoms with Gasteiger partial charge in [-0.1, -0.05) is 5.16 Å². The third-order valence-corrected chi connectivity index (χ3v) is 3.99. The van der Waals surface area contributed by atoms with Crippen molar-refractivity contribution in [1.29, 1.82) is 0 Å². The van der Waals surface area contributed by atoms with E-state index in [2.05, 4.69) is 25.7 Å². The fraction of sp³-hybridized carbons (Fsp3) is 0.643. The number of aromatic amines is 1. The molecule has 3 rings (SSSR count). The van der Waals surface area contributed by atoms with E-state index >= 15 is 0 Å². The minimum Gasteiger partial charge on any atom is -0.368 e. The van der Waals surface area contributed by atoms with Gasteiger partial charge in [0.05, 0.1) is 5.69 Å². The van der Waals surface area contributed by atoms with Gasteiger partial charge in [0.15, 0.2) is 5.82 Å². The second kappa shape index (κ2) is 5.95. The van der Waals surface area contributed by atoms with Crippen LogP contribution in [0.5, 0.6) is 0 Å². The van der Waals surface area contributed by atoms with Crippen LogP contribution in [0, 0.1) is 26.7 Å². The van der Waals surface area contributed by atoms with Crippen LogP contribution in [0.15, 0.2) is 4.52 Å². The largest absolute Gasteiger partial charge is 0.368 e. The predicted molar refractivity (Wildman–Crippen MR) is 75.6 cm³/mol. The van der Waals surface area contributed by atoms with Gasteiger partial charge in [-0.15, -0.1) is 0 Å². The van der Waals surface area contributed by atoms with Crippen molar-refractivity contribution in [3.8, 4) is 0 Å². The van der Waals surface area contributed by atoms with Crippen molar-refractivity contribution < 1.29 is 9.26 Å². The van der Waals surface area contributed by atoms with Crippen LogP contribution >= 0.6 is 0 Å². The molecule has 0 aliphatic carbocycles. The first-order valence-corrected chi connectivity index (χ1v) is 7.28. The van der Waals surface area contributed by atoms with E-state index in [0.29, 0.717) is 17.6 Å². The number of hydrogen-bond acceptors (Lipinski definition) is 6. The van der Waals surface area contributed by atoms with E-state index in [1.165, 1.54) is 5.56 Å². The van der Waals surface area contributed by atoms with Crippen molar-refractivity contribution in [2.45, 2.75) is 39.8 Å². The smallest absolute Gasteiger partial charge is 0.256 e. The van der Waals surface area contributed by atoms with Crippen molar-refractivity contribution in [3.63, 3.8) is 0 Å². The molecule has 1 aliphatic heterocycles. The van der Waals surface area contributed by atoms with Crippen molar-refractivity contribution in [2.75, 3.05) is 13.2 Å². The highest BCUT2D eigenvalue weighted by atomic mass is 16.5. The van der Waals surface area contributed by atoms with Gasteiger partial charge < -0.3 is 14.6 Å². The number of nitrogens with zero attached hydrogens (tertiary/aromatic N) is 3. The fourth-order valence-electron chi connectivity index (χ4n) is 2.76. The summed E-state index contributed by atoms with van der Waals surface area (Å²) in [6, 6.07) is 0. The summed E-state index contributed by atoms with van der Waals surface area (Å²) in [6.07, 6.45) is 0.910. The number of ether oxygens (including phenoxy) is 1. The summed E-state index contributed by atoms with van der Waals surface area (Å²) >= 11 is 0. The van der Waals surface area contributed by atoms with Gasteiger partial charge in [0.1, 0.15) is 6.10 Å². The zero-order valence-electron chi connectivity index (χ0n) is 12.6. The Kier molecular flexibility index (Phi) is 4.03. The van der Waals surface area contributed by atoms with Gasteiger partial charge in [0.2, 0.25) is 0 Å². The molecule has 1 aliphatic rings. The monoisotopic (exact) mass is 291 g/mol. The summed E-state index contributed by atoms with van der Waals surface area (Å²) in [5.41, 5.74) is 3.40. The molecular formula is C14H21N5O2. The lowest BCUT2D eigenvalue weighted by Gasteiger charge is -2.15. The molecule has 2 N–H and O–H groups in total. The first-order valence-electron chi connectivity index (χ1n) is 7.28. The van der Waals surface area contributed by atoms with E-state index in [1.807, 2.05) is 20.8 Å². The molecule has 7 nitrogen and oxygen atoms in total. The zero-order valence-corrected chi connectivity index (χ0v) is 12.6. The first kappa shape index (κ1) is 14.2. The molecule has 2 aromatic heterocycles. The van der Waals surface area contributed by atoms with E-state index in [1.54, 1.807) is 0 Å². The van der Waals surface area contributed by atoms with Crippen LogP contribution in [-0.2, 0) is 11.3 Å². The number of aryl methyl sites for hydroxylation is 3. The van der Waals surface area contributed by atoms with Gasteiger partial charge >= 0.3 is 0 Å². The standard InChI is InChI=1S/C14H21N5O2/c1-8-12(9(2)18-17-8)7-15-6-11-4-5-20-13(11)14-16-10(3)19-21-14/h11,13,15H,4-7H2,1-3H3,(H,17,18)/t11-,13-/m0/s1. The Morgan fingerprint density at radius 3 is 2.86 bits per heavy atom. The Balaban J connectivity index is 1.57. The maximum Gasteiger partial charge on any atom is 0.256 e. The van der Waals surface area contributed by atoms with Crippen molar-refractivity contribution >= 4 is 0 Å². The summed E-state index contributed by atoms with van der Waals surface area (Å²) in [5, 5.41) is 14.5.